The van der Waals surface area contributed by atoms with Crippen molar-refractivity contribution in [2.45, 2.75) is 26.8 Å². The minimum absolute atomic E-state index is 0.0462. The summed E-state index contributed by atoms with van der Waals surface area (Å²) in [6.45, 7) is 4.64. The molecule has 0 amide bonds. The number of benzene rings is 1. The largest absolute Gasteiger partial charge is 0.507 e. The first-order chi connectivity index (χ1) is 7.95. The Morgan fingerprint density at radius 1 is 1.47 bits per heavy atom. The Kier molecular flexibility index (Phi) is 4.63. The van der Waals surface area contributed by atoms with E-state index in [9.17, 15) is 14.3 Å². The van der Waals surface area contributed by atoms with Gasteiger partial charge in [-0.05, 0) is 39.1 Å². The van der Waals surface area contributed by atoms with Crippen LogP contribution in [0.3, 0.4) is 0 Å². The highest BCUT2D eigenvalue weighted by Crippen LogP contribution is 2.25. The maximum absolute atomic E-state index is 13.3. The van der Waals surface area contributed by atoms with Gasteiger partial charge in [-0.2, -0.15) is 0 Å². The lowest BCUT2D eigenvalue weighted by Gasteiger charge is -2.17. The topological polar surface area (TPSA) is 40.5 Å². The number of phenolic OH excluding ortho intramolecular Hbond substituents is 1. The molecule has 0 aromatic heterocycles. The minimum Gasteiger partial charge on any atom is -0.507 e. The van der Waals surface area contributed by atoms with Crippen molar-refractivity contribution in [3.05, 3.63) is 29.1 Å². The molecule has 17 heavy (non-hydrogen) atoms. The van der Waals surface area contributed by atoms with E-state index in [1.807, 2.05) is 18.9 Å². The fourth-order valence-corrected chi connectivity index (χ4v) is 1.80. The van der Waals surface area contributed by atoms with Crippen LogP contribution in [0, 0.1) is 5.82 Å². The van der Waals surface area contributed by atoms with Gasteiger partial charge >= 0.3 is 0 Å². The number of carbonyl (C=O) groups is 1. The summed E-state index contributed by atoms with van der Waals surface area (Å²) < 4.78 is 13.3. The molecule has 1 aromatic carbocycles. The van der Waals surface area contributed by atoms with Gasteiger partial charge in [-0.3, -0.25) is 4.79 Å². The molecule has 0 radical (unpaired) electrons. The zero-order valence-corrected chi connectivity index (χ0v) is 10.5. The van der Waals surface area contributed by atoms with Gasteiger partial charge in [0.05, 0.1) is 5.56 Å². The molecule has 0 saturated heterocycles. The first kappa shape index (κ1) is 13.6. The molecular formula is C13H18FNO2. The third-order valence-electron chi connectivity index (χ3n) is 2.58. The number of phenols is 1. The molecule has 0 fully saturated rings. The second-order valence-electron chi connectivity index (χ2n) is 4.26. The van der Waals surface area contributed by atoms with Crippen LogP contribution in [0.4, 0.5) is 4.39 Å². The van der Waals surface area contributed by atoms with E-state index in [4.69, 9.17) is 0 Å². The quantitative estimate of drug-likeness (QED) is 0.803. The molecule has 0 aliphatic carbocycles. The van der Waals surface area contributed by atoms with E-state index in [1.54, 1.807) is 0 Å². The molecule has 0 heterocycles. The first-order valence-electron chi connectivity index (χ1n) is 5.66. The molecule has 94 valence electrons. The van der Waals surface area contributed by atoms with E-state index >= 15 is 0 Å². The number of ketones is 1. The highest BCUT2D eigenvalue weighted by molar-refractivity contribution is 5.97. The molecule has 0 aliphatic heterocycles. The number of nitrogens with zero attached hydrogens (tertiary/aromatic N) is 1. The Morgan fingerprint density at radius 3 is 2.65 bits per heavy atom. The Hall–Kier alpha value is -1.42. The number of hydrogen-bond acceptors (Lipinski definition) is 3. The molecule has 1 rings (SSSR count). The maximum atomic E-state index is 13.3. The monoisotopic (exact) mass is 239 g/mol. The minimum atomic E-state index is -0.493. The van der Waals surface area contributed by atoms with Gasteiger partial charge in [0.25, 0.3) is 0 Å². The Bertz CT molecular complexity index is 418. The van der Waals surface area contributed by atoms with Crippen LogP contribution >= 0.6 is 0 Å². The van der Waals surface area contributed by atoms with Gasteiger partial charge in [-0.1, -0.05) is 6.92 Å². The van der Waals surface area contributed by atoms with Crippen LogP contribution in [-0.2, 0) is 6.54 Å². The van der Waals surface area contributed by atoms with E-state index in [0.717, 1.165) is 19.0 Å². The predicted molar refractivity (Wildman–Crippen MR) is 64.7 cm³/mol. The molecule has 0 atom stereocenters. The van der Waals surface area contributed by atoms with Crippen molar-refractivity contribution >= 4 is 5.78 Å². The predicted octanol–water partition coefficient (Wildman–Crippen LogP) is 2.58. The molecule has 1 N–H and O–H groups in total. The Morgan fingerprint density at radius 2 is 2.12 bits per heavy atom. The molecular weight excluding hydrogens is 221 g/mol. The van der Waals surface area contributed by atoms with Gasteiger partial charge in [-0.15, -0.1) is 0 Å². The van der Waals surface area contributed by atoms with Crippen LogP contribution in [0.5, 0.6) is 5.75 Å². The number of aromatic hydroxyl groups is 1. The standard InChI is InChI=1S/C13H18FNO2/c1-4-5-15(3)8-10-6-11(14)7-12(9(2)16)13(10)17/h6-7,17H,4-5,8H2,1-3H3. The molecule has 4 heteroatoms. The van der Waals surface area contributed by atoms with Gasteiger partial charge in [0.1, 0.15) is 11.6 Å². The summed E-state index contributed by atoms with van der Waals surface area (Å²) in [4.78, 5) is 13.2. The van der Waals surface area contributed by atoms with Crippen LogP contribution in [-0.4, -0.2) is 29.4 Å². The summed E-state index contributed by atoms with van der Waals surface area (Å²) in [6, 6.07) is 2.34. The second-order valence-corrected chi connectivity index (χ2v) is 4.26. The fourth-order valence-electron chi connectivity index (χ4n) is 1.80. The van der Waals surface area contributed by atoms with E-state index in [-0.39, 0.29) is 17.1 Å². The number of carbonyl (C=O) groups excluding carboxylic acids is 1. The van der Waals surface area contributed by atoms with Crippen LogP contribution in [0.25, 0.3) is 0 Å². The molecule has 0 unspecified atom stereocenters. The molecule has 0 saturated carbocycles. The van der Waals surface area contributed by atoms with E-state index in [0.29, 0.717) is 12.1 Å². The number of hydrogen-bond donors (Lipinski definition) is 1. The highest BCUT2D eigenvalue weighted by Gasteiger charge is 2.14. The van der Waals surface area contributed by atoms with Crippen molar-refractivity contribution in [1.29, 1.82) is 0 Å². The van der Waals surface area contributed by atoms with Gasteiger partial charge in [0, 0.05) is 12.1 Å². The van der Waals surface area contributed by atoms with E-state index in [2.05, 4.69) is 0 Å². The summed E-state index contributed by atoms with van der Waals surface area (Å²) in [5.74, 6) is -0.934. The van der Waals surface area contributed by atoms with Crippen LogP contribution in [0.1, 0.15) is 36.2 Å². The number of rotatable bonds is 5. The van der Waals surface area contributed by atoms with Gasteiger partial charge in [-0.25, -0.2) is 4.39 Å². The van der Waals surface area contributed by atoms with Crippen molar-refractivity contribution < 1.29 is 14.3 Å². The third-order valence-corrected chi connectivity index (χ3v) is 2.58. The van der Waals surface area contributed by atoms with E-state index in [1.165, 1.54) is 13.0 Å². The fraction of sp³-hybridized carbons (Fsp3) is 0.462. The molecule has 1 aromatic rings. The zero-order valence-electron chi connectivity index (χ0n) is 10.5. The highest BCUT2D eigenvalue weighted by atomic mass is 19.1. The van der Waals surface area contributed by atoms with Crippen LogP contribution in [0.2, 0.25) is 0 Å². The lowest BCUT2D eigenvalue weighted by atomic mass is 10.0. The average Bonchev–Trinajstić information content (AvgIpc) is 2.22. The van der Waals surface area contributed by atoms with Gasteiger partial charge in [0.2, 0.25) is 0 Å². The summed E-state index contributed by atoms with van der Waals surface area (Å²) in [5.41, 5.74) is 0.496. The van der Waals surface area contributed by atoms with Crippen LogP contribution in [0.15, 0.2) is 12.1 Å². The Balaban J connectivity index is 3.03. The maximum Gasteiger partial charge on any atom is 0.163 e. The Labute approximate surface area is 101 Å². The summed E-state index contributed by atoms with van der Waals surface area (Å²) in [6.07, 6.45) is 0.978. The van der Waals surface area contributed by atoms with Gasteiger partial charge < -0.3 is 10.0 Å². The van der Waals surface area contributed by atoms with Crippen molar-refractivity contribution in [1.82, 2.24) is 4.90 Å². The van der Waals surface area contributed by atoms with Gasteiger partial charge in [0.15, 0.2) is 5.78 Å². The smallest absolute Gasteiger partial charge is 0.163 e. The first-order valence-corrected chi connectivity index (χ1v) is 5.66. The van der Waals surface area contributed by atoms with Crippen molar-refractivity contribution in [2.75, 3.05) is 13.6 Å². The van der Waals surface area contributed by atoms with Crippen LogP contribution < -0.4 is 0 Å². The summed E-state index contributed by atoms with van der Waals surface area (Å²) in [7, 11) is 1.89. The normalized spacial score (nSPS) is 10.9. The van der Waals surface area contributed by atoms with Crippen molar-refractivity contribution in [3.63, 3.8) is 0 Å². The second kappa shape index (κ2) is 5.77. The third kappa shape index (κ3) is 3.53. The zero-order chi connectivity index (χ0) is 13.0. The van der Waals surface area contributed by atoms with E-state index < -0.39 is 5.82 Å². The number of halogens is 1. The van der Waals surface area contributed by atoms with Crippen molar-refractivity contribution in [3.8, 4) is 5.75 Å². The molecule has 0 bridgehead atoms. The van der Waals surface area contributed by atoms with Crippen molar-refractivity contribution in [2.24, 2.45) is 0 Å². The molecule has 0 spiro atoms. The average molecular weight is 239 g/mol. The molecule has 3 nitrogen and oxygen atoms in total. The summed E-state index contributed by atoms with van der Waals surface area (Å²) >= 11 is 0. The molecule has 0 aliphatic rings. The lowest BCUT2D eigenvalue weighted by molar-refractivity contribution is 0.101. The number of Topliss-reactive ketones (excluding diaryl/α,β-unsaturated/α-hetero) is 1. The SMILES string of the molecule is CCCN(C)Cc1cc(F)cc(C(C)=O)c1O. The lowest BCUT2D eigenvalue weighted by Crippen LogP contribution is -2.19. The summed E-state index contributed by atoms with van der Waals surface area (Å²) in [5, 5.41) is 9.89.